The van der Waals surface area contributed by atoms with E-state index >= 15 is 0 Å². The molecular formula is C49H84N6O12. The van der Waals surface area contributed by atoms with Gasteiger partial charge in [0.2, 0.25) is 0 Å². The molecule has 18 heteroatoms. The zero-order valence-electron chi connectivity index (χ0n) is 43.5. The number of hydrogen-bond acceptors (Lipinski definition) is 17. The third-order valence-corrected chi connectivity index (χ3v) is 9.89. The van der Waals surface area contributed by atoms with Gasteiger partial charge in [-0.2, -0.15) is 0 Å². The van der Waals surface area contributed by atoms with Crippen LogP contribution in [0.1, 0.15) is 122 Å². The number of esters is 5. The monoisotopic (exact) mass is 949 g/mol. The summed E-state index contributed by atoms with van der Waals surface area (Å²) in [6, 6.07) is 6.01. The van der Waals surface area contributed by atoms with Gasteiger partial charge >= 0.3 is 29.8 Å². The molecule has 2 rings (SSSR count). The molecule has 0 spiro atoms. The third kappa shape index (κ3) is 28.0. The zero-order chi connectivity index (χ0) is 51.0. The average Bonchev–Trinajstić information content (AvgIpc) is 3.11. The van der Waals surface area contributed by atoms with Crippen LogP contribution >= 0.6 is 0 Å². The van der Waals surface area contributed by atoms with Gasteiger partial charge in [0, 0.05) is 77.1 Å². The highest BCUT2D eigenvalue weighted by molar-refractivity contribution is 5.76. The van der Waals surface area contributed by atoms with E-state index in [1.807, 2.05) is 77.0 Å². The first-order valence-corrected chi connectivity index (χ1v) is 23.6. The smallest absolute Gasteiger partial charge is 0.320 e. The van der Waals surface area contributed by atoms with Crippen molar-refractivity contribution < 1.29 is 52.6 Å². The number of non-ortho nitro benzene ring substituents is 1. The molecule has 18 nitrogen and oxygen atoms in total. The Balaban J connectivity index is 2.66. The Labute approximate surface area is 400 Å². The number of nitro groups is 1. The molecule has 0 amide bonds. The van der Waals surface area contributed by atoms with Gasteiger partial charge in [-0.3, -0.25) is 58.6 Å². The maximum absolute atomic E-state index is 13.6. The van der Waals surface area contributed by atoms with Gasteiger partial charge in [0.15, 0.2) is 0 Å². The number of ether oxygens (including phenoxy) is 5. The molecule has 1 unspecified atom stereocenters. The first kappa shape index (κ1) is 58.9. The van der Waals surface area contributed by atoms with E-state index in [1.54, 1.807) is 58.6 Å². The fourth-order valence-corrected chi connectivity index (χ4v) is 7.31. The van der Waals surface area contributed by atoms with Crippen LogP contribution in [0.25, 0.3) is 0 Å². The third-order valence-electron chi connectivity index (χ3n) is 9.89. The molecule has 1 heterocycles. The topological polar surface area (TPSA) is 191 Å². The van der Waals surface area contributed by atoms with Crippen molar-refractivity contribution in [3.63, 3.8) is 0 Å². The highest BCUT2D eigenvalue weighted by atomic mass is 16.6. The lowest BCUT2D eigenvalue weighted by atomic mass is 10.0. The molecule has 1 fully saturated rings. The summed E-state index contributed by atoms with van der Waals surface area (Å²) in [7, 11) is 0. The van der Waals surface area contributed by atoms with Crippen LogP contribution in [0.4, 0.5) is 5.69 Å². The molecule has 0 N–H and O–H groups in total. The predicted octanol–water partition coefficient (Wildman–Crippen LogP) is 5.52. The fraction of sp³-hybridized carbons (Fsp3) is 0.776. The molecule has 0 aromatic heterocycles. The van der Waals surface area contributed by atoms with E-state index in [1.165, 1.54) is 12.1 Å². The Bertz CT molecular complexity index is 1680. The molecular weight excluding hydrogens is 865 g/mol. The highest BCUT2D eigenvalue weighted by Crippen LogP contribution is 2.20. The van der Waals surface area contributed by atoms with Crippen molar-refractivity contribution in [3.8, 4) is 0 Å². The number of benzene rings is 1. The Morgan fingerprint density at radius 1 is 0.522 bits per heavy atom. The van der Waals surface area contributed by atoms with Crippen molar-refractivity contribution in [3.05, 3.63) is 39.9 Å². The van der Waals surface area contributed by atoms with Gasteiger partial charge in [0.25, 0.3) is 5.69 Å². The average molecular weight is 949 g/mol. The summed E-state index contributed by atoms with van der Waals surface area (Å²) in [5.74, 6) is -2.18. The van der Waals surface area contributed by atoms with Gasteiger partial charge in [-0.1, -0.05) is 12.1 Å². The summed E-state index contributed by atoms with van der Waals surface area (Å²) in [5.41, 5.74) is -2.76. The second-order valence-corrected chi connectivity index (χ2v) is 22.4. The number of carbonyl (C=O) groups excluding carboxylic acids is 5. The molecule has 1 atom stereocenters. The predicted molar refractivity (Wildman–Crippen MR) is 256 cm³/mol. The van der Waals surface area contributed by atoms with Gasteiger partial charge in [0.1, 0.15) is 28.0 Å². The van der Waals surface area contributed by atoms with Crippen LogP contribution in [-0.4, -0.2) is 185 Å². The van der Waals surface area contributed by atoms with E-state index in [0.717, 1.165) is 5.56 Å². The standard InChI is InChI=1S/C49H84N6O12/c1-45(2,3)63-40(56)32-51-25-23-50(24-26-52(33-41(57)64-46(4,5)6)28-30-53(29-27-51)34-42(58)65-47(7,8)9)31-39(18-16-17-37-19-21-38(22-20-37)55(61)62)54(35-43(59)66-48(10,11)12)36-44(60)67-49(13,14)15/h19-22,39H,16-18,23-36H2,1-15H3. The zero-order valence-corrected chi connectivity index (χ0v) is 43.5. The molecule has 0 aliphatic carbocycles. The molecule has 0 bridgehead atoms. The molecule has 67 heavy (non-hydrogen) atoms. The Morgan fingerprint density at radius 2 is 0.821 bits per heavy atom. The molecule has 0 saturated carbocycles. The van der Waals surface area contributed by atoms with Crippen LogP contribution in [0.5, 0.6) is 0 Å². The van der Waals surface area contributed by atoms with Crippen molar-refractivity contribution >= 4 is 35.5 Å². The SMILES string of the molecule is CC(C)(C)OC(=O)CN1CCN(CC(=O)OC(C)(C)C)CCN(CC(CCCc2ccc([N+](=O)[O-])cc2)N(CC(=O)OC(C)(C)C)CC(=O)OC(C)(C)C)CCN(CC(=O)OC(C)(C)C)CC1. The van der Waals surface area contributed by atoms with Crippen LogP contribution in [0.3, 0.4) is 0 Å². The molecule has 1 saturated heterocycles. The second-order valence-electron chi connectivity index (χ2n) is 22.4. The molecule has 382 valence electrons. The van der Waals surface area contributed by atoms with Crippen LogP contribution in [0.15, 0.2) is 24.3 Å². The van der Waals surface area contributed by atoms with E-state index in [9.17, 15) is 34.1 Å². The quantitative estimate of drug-likeness (QED) is 0.0773. The van der Waals surface area contributed by atoms with Crippen LogP contribution in [-0.2, 0) is 54.1 Å². The van der Waals surface area contributed by atoms with Crippen LogP contribution < -0.4 is 0 Å². The first-order valence-electron chi connectivity index (χ1n) is 23.6. The molecule has 0 radical (unpaired) electrons. The van der Waals surface area contributed by atoms with Gasteiger partial charge < -0.3 is 23.7 Å². The second kappa shape index (κ2) is 25.9. The van der Waals surface area contributed by atoms with E-state index in [4.69, 9.17) is 23.7 Å². The minimum absolute atomic E-state index is 0.00175. The van der Waals surface area contributed by atoms with Crippen LogP contribution in [0, 0.1) is 10.1 Å². The lowest BCUT2D eigenvalue weighted by Gasteiger charge is -2.38. The summed E-state index contributed by atoms with van der Waals surface area (Å²) in [6.45, 7) is 30.4. The fourth-order valence-electron chi connectivity index (χ4n) is 7.31. The maximum atomic E-state index is 13.6. The molecule has 1 aromatic carbocycles. The number of aryl methyl sites for hydroxylation is 1. The summed E-state index contributed by atoms with van der Waals surface area (Å²) >= 11 is 0. The van der Waals surface area contributed by atoms with Crippen molar-refractivity contribution in [1.82, 2.24) is 24.5 Å². The number of hydrogen-bond donors (Lipinski definition) is 0. The molecule has 1 aliphatic rings. The Hall–Kier alpha value is -4.23. The van der Waals surface area contributed by atoms with E-state index < -0.39 is 62.8 Å². The Kier molecular flexibility index (Phi) is 22.8. The van der Waals surface area contributed by atoms with E-state index in [-0.39, 0.29) is 44.4 Å². The van der Waals surface area contributed by atoms with Crippen molar-refractivity contribution in [1.29, 1.82) is 0 Å². The minimum atomic E-state index is -0.783. The largest absolute Gasteiger partial charge is 0.459 e. The summed E-state index contributed by atoms with van der Waals surface area (Å²) in [5, 5.41) is 11.4. The van der Waals surface area contributed by atoms with Crippen molar-refractivity contribution in [2.75, 3.05) is 91.6 Å². The normalized spacial score (nSPS) is 16.6. The van der Waals surface area contributed by atoms with Crippen molar-refractivity contribution in [2.24, 2.45) is 0 Å². The lowest BCUT2D eigenvalue weighted by Crippen LogP contribution is -2.53. The van der Waals surface area contributed by atoms with E-state index in [2.05, 4.69) is 4.90 Å². The molecule has 1 aliphatic heterocycles. The van der Waals surface area contributed by atoms with Crippen molar-refractivity contribution in [2.45, 2.75) is 157 Å². The summed E-state index contributed by atoms with van der Waals surface area (Å²) in [6.07, 6.45) is 1.70. The maximum Gasteiger partial charge on any atom is 0.320 e. The number of nitro benzene ring substituents is 1. The van der Waals surface area contributed by atoms with Gasteiger partial charge in [-0.15, -0.1) is 0 Å². The van der Waals surface area contributed by atoms with E-state index in [0.29, 0.717) is 78.2 Å². The number of nitrogens with zero attached hydrogens (tertiary/aromatic N) is 6. The minimum Gasteiger partial charge on any atom is -0.459 e. The number of rotatable bonds is 18. The van der Waals surface area contributed by atoms with Gasteiger partial charge in [-0.05, 0) is 129 Å². The lowest BCUT2D eigenvalue weighted by molar-refractivity contribution is -0.384. The molecule has 1 aromatic rings. The summed E-state index contributed by atoms with van der Waals surface area (Å²) in [4.78, 5) is 88.0. The van der Waals surface area contributed by atoms with Gasteiger partial charge in [-0.25, -0.2) is 0 Å². The summed E-state index contributed by atoms with van der Waals surface area (Å²) < 4.78 is 28.7. The Morgan fingerprint density at radius 3 is 1.12 bits per heavy atom. The first-order chi connectivity index (χ1) is 30.6. The number of carbonyl (C=O) groups is 5. The van der Waals surface area contributed by atoms with Gasteiger partial charge in [0.05, 0.1) is 37.6 Å². The highest BCUT2D eigenvalue weighted by Gasteiger charge is 2.31. The van der Waals surface area contributed by atoms with Crippen LogP contribution in [0.2, 0.25) is 0 Å².